The number of hydrogen-bond acceptors (Lipinski definition) is 6. The molecule has 2 aromatic heterocycles. The van der Waals surface area contributed by atoms with Crippen molar-refractivity contribution in [3.8, 4) is 0 Å². The zero-order chi connectivity index (χ0) is 14.1. The van der Waals surface area contributed by atoms with Crippen molar-refractivity contribution in [2.24, 2.45) is 5.10 Å². The maximum Gasteiger partial charge on any atom is 0.289 e. The van der Waals surface area contributed by atoms with E-state index in [1.54, 1.807) is 0 Å². The molecule has 2 heterocycles. The van der Waals surface area contributed by atoms with Crippen LogP contribution in [0.15, 0.2) is 40.2 Å². The van der Waals surface area contributed by atoms with E-state index in [4.69, 9.17) is 11.5 Å². The molecule has 0 saturated heterocycles. The van der Waals surface area contributed by atoms with Gasteiger partial charge in [0.05, 0.1) is 6.21 Å². The molecule has 0 aliphatic carbocycles. The highest BCUT2D eigenvalue weighted by atomic mass is 16.1. The minimum atomic E-state index is -0.467. The molecule has 0 unspecified atom stereocenters. The Kier molecular flexibility index (Phi) is 2.68. The van der Waals surface area contributed by atoms with Crippen molar-refractivity contribution in [2.75, 3.05) is 11.5 Å². The molecular formula is C12H11N7O. The molecule has 20 heavy (non-hydrogen) atoms. The van der Waals surface area contributed by atoms with Gasteiger partial charge in [-0.2, -0.15) is 19.9 Å². The van der Waals surface area contributed by atoms with E-state index in [0.29, 0.717) is 0 Å². The van der Waals surface area contributed by atoms with Crippen molar-refractivity contribution in [3.05, 3.63) is 46.2 Å². The summed E-state index contributed by atoms with van der Waals surface area (Å²) in [5, 5.41) is 10.5. The van der Waals surface area contributed by atoms with Crippen LogP contribution in [0.25, 0.3) is 11.0 Å². The summed E-state index contributed by atoms with van der Waals surface area (Å²) in [6.45, 7) is 0. The van der Waals surface area contributed by atoms with Gasteiger partial charge in [-0.15, -0.1) is 0 Å². The first-order valence-electron chi connectivity index (χ1n) is 5.78. The van der Waals surface area contributed by atoms with Crippen LogP contribution in [-0.2, 0) is 0 Å². The summed E-state index contributed by atoms with van der Waals surface area (Å²) in [5.74, 6) is 0.0855. The second kappa shape index (κ2) is 4.50. The predicted molar refractivity (Wildman–Crippen MR) is 76.4 cm³/mol. The number of aromatic nitrogens is 4. The van der Waals surface area contributed by atoms with Crippen LogP contribution in [0.3, 0.4) is 0 Å². The molecule has 3 aromatic rings. The number of nitrogen functional groups attached to an aromatic ring is 2. The van der Waals surface area contributed by atoms with Gasteiger partial charge in [-0.25, -0.2) is 0 Å². The smallest absolute Gasteiger partial charge is 0.289 e. The van der Waals surface area contributed by atoms with Crippen molar-refractivity contribution >= 4 is 29.0 Å². The van der Waals surface area contributed by atoms with Gasteiger partial charge in [0.25, 0.3) is 5.56 Å². The largest absolute Gasteiger partial charge is 0.383 e. The van der Waals surface area contributed by atoms with E-state index < -0.39 is 5.56 Å². The molecule has 8 nitrogen and oxygen atoms in total. The van der Waals surface area contributed by atoms with Gasteiger partial charge in [0, 0.05) is 0 Å². The molecule has 0 bridgehead atoms. The highest BCUT2D eigenvalue weighted by Crippen LogP contribution is 2.12. The van der Waals surface area contributed by atoms with Crippen LogP contribution in [0.4, 0.5) is 11.8 Å². The standard InChI is InChI=1S/C12H11N7O/c13-9-8-10(18-17-9)16-12(14)19(11(8)20)15-6-7-4-2-1-3-5-7/h1-6H,(H5,13,14,16,17,18)/b15-6+. The van der Waals surface area contributed by atoms with Crippen LogP contribution in [0.1, 0.15) is 5.56 Å². The number of anilines is 2. The van der Waals surface area contributed by atoms with E-state index >= 15 is 0 Å². The summed E-state index contributed by atoms with van der Waals surface area (Å²) < 4.78 is 0.987. The van der Waals surface area contributed by atoms with Crippen LogP contribution in [0.2, 0.25) is 0 Å². The SMILES string of the molecule is Nc1[nH]nc2nc(N)n(/N=C/c3ccccc3)c(=O)c12. The molecule has 5 N–H and O–H groups in total. The fraction of sp³-hybridized carbons (Fsp3) is 0. The average molecular weight is 269 g/mol. The minimum Gasteiger partial charge on any atom is -0.383 e. The fourth-order valence-corrected chi connectivity index (χ4v) is 1.78. The Morgan fingerprint density at radius 3 is 2.75 bits per heavy atom. The van der Waals surface area contributed by atoms with Gasteiger partial charge in [0.2, 0.25) is 5.95 Å². The van der Waals surface area contributed by atoms with Gasteiger partial charge in [-0.3, -0.25) is 9.89 Å². The lowest BCUT2D eigenvalue weighted by Gasteiger charge is -2.01. The lowest BCUT2D eigenvalue weighted by molar-refractivity contribution is 0.834. The molecule has 100 valence electrons. The molecule has 0 radical (unpaired) electrons. The summed E-state index contributed by atoms with van der Waals surface area (Å²) >= 11 is 0. The minimum absolute atomic E-state index is 0.0545. The third-order valence-electron chi connectivity index (χ3n) is 2.74. The summed E-state index contributed by atoms with van der Waals surface area (Å²) in [6.07, 6.45) is 1.52. The van der Waals surface area contributed by atoms with E-state index in [9.17, 15) is 4.79 Å². The van der Waals surface area contributed by atoms with Crippen LogP contribution < -0.4 is 17.0 Å². The molecule has 0 atom stereocenters. The number of nitrogens with one attached hydrogen (secondary N) is 1. The predicted octanol–water partition coefficient (Wildman–Crippen LogP) is 0.166. The normalized spacial score (nSPS) is 11.4. The van der Waals surface area contributed by atoms with E-state index in [1.807, 2.05) is 30.3 Å². The maximum atomic E-state index is 12.2. The fourth-order valence-electron chi connectivity index (χ4n) is 1.78. The Morgan fingerprint density at radius 1 is 1.25 bits per heavy atom. The molecule has 0 saturated carbocycles. The molecule has 0 fully saturated rings. The first-order valence-corrected chi connectivity index (χ1v) is 5.78. The van der Waals surface area contributed by atoms with E-state index in [0.717, 1.165) is 10.2 Å². The summed E-state index contributed by atoms with van der Waals surface area (Å²) in [6, 6.07) is 9.31. The van der Waals surface area contributed by atoms with E-state index in [-0.39, 0.29) is 22.8 Å². The third-order valence-corrected chi connectivity index (χ3v) is 2.74. The van der Waals surface area contributed by atoms with E-state index in [2.05, 4.69) is 20.3 Å². The lowest BCUT2D eigenvalue weighted by atomic mass is 10.2. The quantitative estimate of drug-likeness (QED) is 0.571. The molecule has 0 aliphatic rings. The van der Waals surface area contributed by atoms with Crippen LogP contribution in [0.5, 0.6) is 0 Å². The molecular weight excluding hydrogens is 258 g/mol. The first-order chi connectivity index (χ1) is 9.66. The lowest BCUT2D eigenvalue weighted by Crippen LogP contribution is -2.21. The maximum absolute atomic E-state index is 12.2. The van der Waals surface area contributed by atoms with Gasteiger partial charge in [0.15, 0.2) is 5.65 Å². The monoisotopic (exact) mass is 269 g/mol. The van der Waals surface area contributed by atoms with Gasteiger partial charge < -0.3 is 11.5 Å². The highest BCUT2D eigenvalue weighted by Gasteiger charge is 2.13. The topological polar surface area (TPSA) is 128 Å². The number of aromatic amines is 1. The van der Waals surface area contributed by atoms with E-state index in [1.165, 1.54) is 6.21 Å². The second-order valence-corrected chi connectivity index (χ2v) is 4.08. The van der Waals surface area contributed by atoms with Crippen molar-refractivity contribution in [1.82, 2.24) is 19.9 Å². The number of nitrogens with zero attached hydrogens (tertiary/aromatic N) is 4. The number of fused-ring (bicyclic) bond motifs is 1. The molecule has 0 spiro atoms. The zero-order valence-corrected chi connectivity index (χ0v) is 10.3. The Labute approximate surface area is 112 Å². The first kappa shape index (κ1) is 11.9. The molecule has 1 aromatic carbocycles. The Bertz CT molecular complexity index is 847. The van der Waals surface area contributed by atoms with Gasteiger partial charge in [-0.1, -0.05) is 30.3 Å². The Hall–Kier alpha value is -3.16. The Balaban J connectivity index is 2.14. The van der Waals surface area contributed by atoms with Crippen LogP contribution in [-0.4, -0.2) is 26.1 Å². The van der Waals surface area contributed by atoms with Crippen molar-refractivity contribution < 1.29 is 0 Å². The average Bonchev–Trinajstić information content (AvgIpc) is 2.81. The summed E-state index contributed by atoms with van der Waals surface area (Å²) in [7, 11) is 0. The number of rotatable bonds is 2. The molecule has 0 aliphatic heterocycles. The van der Waals surface area contributed by atoms with Crippen LogP contribution in [0, 0.1) is 0 Å². The molecule has 0 amide bonds. The second-order valence-electron chi connectivity index (χ2n) is 4.08. The number of nitrogens with two attached hydrogens (primary N) is 2. The van der Waals surface area contributed by atoms with Gasteiger partial charge >= 0.3 is 0 Å². The highest BCUT2D eigenvalue weighted by molar-refractivity contribution is 5.85. The van der Waals surface area contributed by atoms with Gasteiger partial charge in [0.1, 0.15) is 11.2 Å². The zero-order valence-electron chi connectivity index (χ0n) is 10.3. The number of H-pyrrole nitrogens is 1. The summed E-state index contributed by atoms with van der Waals surface area (Å²) in [5.41, 5.74) is 11.9. The molecule has 3 rings (SSSR count). The third kappa shape index (κ3) is 1.88. The van der Waals surface area contributed by atoms with Gasteiger partial charge in [-0.05, 0) is 5.56 Å². The Morgan fingerprint density at radius 2 is 2.00 bits per heavy atom. The van der Waals surface area contributed by atoms with Crippen LogP contribution >= 0.6 is 0 Å². The molecule has 8 heteroatoms. The van der Waals surface area contributed by atoms with Crippen molar-refractivity contribution in [1.29, 1.82) is 0 Å². The van der Waals surface area contributed by atoms with Crippen molar-refractivity contribution in [2.45, 2.75) is 0 Å². The van der Waals surface area contributed by atoms with Crippen molar-refractivity contribution in [3.63, 3.8) is 0 Å². The number of hydrogen-bond donors (Lipinski definition) is 3. The summed E-state index contributed by atoms with van der Waals surface area (Å²) in [4.78, 5) is 16.2. The number of benzene rings is 1.